The topological polar surface area (TPSA) is 266 Å². The van der Waals surface area contributed by atoms with Crippen LogP contribution in [0.5, 0.6) is 5.75 Å². The van der Waals surface area contributed by atoms with E-state index in [9.17, 15) is 44.1 Å². The lowest BCUT2D eigenvalue weighted by molar-refractivity contribution is -0.144. The van der Waals surface area contributed by atoms with Crippen molar-refractivity contribution in [1.29, 1.82) is 0 Å². The predicted octanol–water partition coefficient (Wildman–Crippen LogP) is -2.09. The maximum Gasteiger partial charge on any atom is 0.326 e. The van der Waals surface area contributed by atoms with E-state index in [0.29, 0.717) is 5.56 Å². The zero-order valence-corrected chi connectivity index (χ0v) is 20.5. The highest BCUT2D eigenvalue weighted by Gasteiger charge is 2.32. The molecule has 0 fully saturated rings. The minimum absolute atomic E-state index is 0.00987. The number of carbonyl (C=O) groups is 6. The van der Waals surface area contributed by atoms with Gasteiger partial charge in [0.25, 0.3) is 0 Å². The van der Waals surface area contributed by atoms with Crippen LogP contribution in [0.4, 0.5) is 0 Å². The summed E-state index contributed by atoms with van der Waals surface area (Å²) in [6.07, 6.45) is -3.58. The molecule has 0 spiro atoms. The van der Waals surface area contributed by atoms with Crippen molar-refractivity contribution in [3.63, 3.8) is 0 Å². The third-order valence-corrected chi connectivity index (χ3v) is 5.33. The lowest BCUT2D eigenvalue weighted by atomic mass is 10.0. The summed E-state index contributed by atoms with van der Waals surface area (Å²) in [6.45, 7) is 1.18. The largest absolute Gasteiger partial charge is 0.508 e. The van der Waals surface area contributed by atoms with Gasteiger partial charge in [0.2, 0.25) is 17.7 Å². The number of amides is 3. The van der Waals surface area contributed by atoms with Crippen LogP contribution in [0, 0.1) is 0 Å². The van der Waals surface area contributed by atoms with Crippen molar-refractivity contribution < 1.29 is 54.3 Å². The number of carboxylic acids is 3. The van der Waals surface area contributed by atoms with Gasteiger partial charge in [0, 0.05) is 12.8 Å². The van der Waals surface area contributed by atoms with Crippen LogP contribution in [0.25, 0.3) is 0 Å². The molecule has 0 aromatic heterocycles. The number of phenols is 1. The van der Waals surface area contributed by atoms with Gasteiger partial charge in [0.05, 0.1) is 12.1 Å². The number of aromatic hydroxyl groups is 1. The molecule has 0 saturated heterocycles. The Morgan fingerprint density at radius 2 is 1.29 bits per heavy atom. The first-order valence-corrected chi connectivity index (χ1v) is 11.5. The molecule has 10 N–H and O–H groups in total. The predicted molar refractivity (Wildman–Crippen MR) is 129 cm³/mol. The number of carbonyl (C=O) groups excluding carboxylic acids is 3. The molecular weight excluding hydrogens is 508 g/mol. The van der Waals surface area contributed by atoms with Gasteiger partial charge in [-0.25, -0.2) is 4.79 Å². The van der Waals surface area contributed by atoms with Gasteiger partial charge >= 0.3 is 17.9 Å². The Bertz CT molecular complexity index is 1010. The van der Waals surface area contributed by atoms with Gasteiger partial charge in [-0.2, -0.15) is 0 Å². The number of aliphatic hydroxyl groups is 1. The number of rotatable bonds is 16. The van der Waals surface area contributed by atoms with Crippen LogP contribution in [0.3, 0.4) is 0 Å². The van der Waals surface area contributed by atoms with Crippen molar-refractivity contribution in [2.75, 3.05) is 0 Å². The maximum atomic E-state index is 12.9. The van der Waals surface area contributed by atoms with E-state index in [1.165, 1.54) is 31.2 Å². The molecule has 0 aliphatic rings. The molecule has 0 heterocycles. The standard InChI is InChI=1S/C23H32N4O11/c1-11(28)19(27-20(34)14(24)10-12-2-4-13(29)5-3-12)22(36)25-15(6-8-17(30)31)21(35)26-16(23(37)38)7-9-18(32)33/h2-5,11,14-16,19,28-29H,6-10,24H2,1H3,(H,25,36)(H,26,35)(H,27,34)(H,30,31)(H,32,33)(H,37,38). The van der Waals surface area contributed by atoms with Crippen LogP contribution in [-0.4, -0.2) is 91.4 Å². The molecule has 1 aromatic rings. The van der Waals surface area contributed by atoms with Crippen LogP contribution < -0.4 is 21.7 Å². The minimum atomic E-state index is -1.63. The molecule has 15 heteroatoms. The van der Waals surface area contributed by atoms with E-state index in [1.54, 1.807) is 0 Å². The highest BCUT2D eigenvalue weighted by molar-refractivity contribution is 5.94. The molecule has 3 amide bonds. The number of nitrogens with two attached hydrogens (primary N) is 1. The molecule has 1 rings (SSSR count). The fourth-order valence-electron chi connectivity index (χ4n) is 3.24. The summed E-state index contributed by atoms with van der Waals surface area (Å²) in [5.74, 6) is -7.16. The first kappa shape index (κ1) is 31.8. The molecule has 210 valence electrons. The molecule has 15 nitrogen and oxygen atoms in total. The van der Waals surface area contributed by atoms with E-state index in [4.69, 9.17) is 15.9 Å². The minimum Gasteiger partial charge on any atom is -0.508 e. The van der Waals surface area contributed by atoms with Gasteiger partial charge < -0.3 is 47.2 Å². The van der Waals surface area contributed by atoms with Gasteiger partial charge in [-0.1, -0.05) is 12.1 Å². The van der Waals surface area contributed by atoms with Crippen LogP contribution in [0.2, 0.25) is 0 Å². The van der Waals surface area contributed by atoms with Gasteiger partial charge in [-0.15, -0.1) is 0 Å². The highest BCUT2D eigenvalue weighted by Crippen LogP contribution is 2.11. The van der Waals surface area contributed by atoms with Crippen molar-refractivity contribution in [1.82, 2.24) is 16.0 Å². The Balaban J connectivity index is 2.96. The molecular formula is C23H32N4O11. The van der Waals surface area contributed by atoms with E-state index < -0.39 is 91.6 Å². The summed E-state index contributed by atoms with van der Waals surface area (Å²) in [6, 6.07) is -0.138. The van der Waals surface area contributed by atoms with Crippen molar-refractivity contribution in [2.45, 2.75) is 69.3 Å². The molecule has 0 radical (unpaired) electrons. The quantitative estimate of drug-likeness (QED) is 0.109. The van der Waals surface area contributed by atoms with Crippen LogP contribution in [0.1, 0.15) is 38.2 Å². The molecule has 5 atom stereocenters. The normalized spacial score (nSPS) is 14.7. The summed E-state index contributed by atoms with van der Waals surface area (Å²) in [5, 5.41) is 52.9. The average molecular weight is 541 g/mol. The van der Waals surface area contributed by atoms with Crippen LogP contribution >= 0.6 is 0 Å². The van der Waals surface area contributed by atoms with E-state index in [1.807, 2.05) is 0 Å². The molecule has 0 saturated carbocycles. The third-order valence-electron chi connectivity index (χ3n) is 5.33. The molecule has 38 heavy (non-hydrogen) atoms. The first-order chi connectivity index (χ1) is 17.7. The number of aliphatic hydroxyl groups excluding tert-OH is 1. The van der Waals surface area contributed by atoms with E-state index in [-0.39, 0.29) is 12.2 Å². The number of aliphatic carboxylic acids is 3. The lowest BCUT2D eigenvalue weighted by Crippen LogP contribution is -2.60. The first-order valence-electron chi connectivity index (χ1n) is 11.5. The van der Waals surface area contributed by atoms with Crippen molar-refractivity contribution >= 4 is 35.6 Å². The Kier molecular flexibility index (Phi) is 12.6. The number of phenolic OH excluding ortho intramolecular Hbond substituents is 1. The highest BCUT2D eigenvalue weighted by atomic mass is 16.4. The smallest absolute Gasteiger partial charge is 0.326 e. The summed E-state index contributed by atoms with van der Waals surface area (Å²) in [7, 11) is 0. The monoisotopic (exact) mass is 540 g/mol. The van der Waals surface area contributed by atoms with Crippen LogP contribution in [-0.2, 0) is 35.2 Å². The molecule has 0 aliphatic carbocycles. The Labute approximate surface area is 217 Å². The number of nitrogens with one attached hydrogen (secondary N) is 3. The fraction of sp³-hybridized carbons (Fsp3) is 0.478. The third kappa shape index (κ3) is 11.2. The Morgan fingerprint density at radius 3 is 1.76 bits per heavy atom. The van der Waals surface area contributed by atoms with Gasteiger partial charge in [-0.3, -0.25) is 24.0 Å². The SMILES string of the molecule is CC(O)C(NC(=O)C(N)Cc1ccc(O)cc1)C(=O)NC(CCC(=O)O)C(=O)NC(CCC(=O)O)C(=O)O. The number of hydrogen-bond donors (Lipinski definition) is 9. The maximum absolute atomic E-state index is 12.9. The zero-order chi connectivity index (χ0) is 29.0. The second-order valence-corrected chi connectivity index (χ2v) is 8.53. The Morgan fingerprint density at radius 1 is 0.789 bits per heavy atom. The zero-order valence-electron chi connectivity index (χ0n) is 20.5. The van der Waals surface area contributed by atoms with Gasteiger partial charge in [-0.05, 0) is 43.9 Å². The molecule has 0 bridgehead atoms. The second kappa shape index (κ2) is 15.1. The Hall–Kier alpha value is -4.24. The van der Waals surface area contributed by atoms with E-state index >= 15 is 0 Å². The van der Waals surface area contributed by atoms with Gasteiger partial charge in [0.1, 0.15) is 23.9 Å². The average Bonchev–Trinajstić information content (AvgIpc) is 2.82. The molecule has 5 unspecified atom stereocenters. The lowest BCUT2D eigenvalue weighted by Gasteiger charge is -2.26. The molecule has 1 aromatic carbocycles. The van der Waals surface area contributed by atoms with Crippen molar-refractivity contribution in [3.05, 3.63) is 29.8 Å². The second-order valence-electron chi connectivity index (χ2n) is 8.53. The summed E-state index contributed by atoms with van der Waals surface area (Å²) < 4.78 is 0. The van der Waals surface area contributed by atoms with Gasteiger partial charge in [0.15, 0.2) is 0 Å². The summed E-state index contributed by atoms with van der Waals surface area (Å²) in [5.41, 5.74) is 6.49. The summed E-state index contributed by atoms with van der Waals surface area (Å²) in [4.78, 5) is 71.3. The van der Waals surface area contributed by atoms with Crippen LogP contribution in [0.15, 0.2) is 24.3 Å². The summed E-state index contributed by atoms with van der Waals surface area (Å²) >= 11 is 0. The number of hydrogen-bond acceptors (Lipinski definition) is 9. The number of benzene rings is 1. The number of carboxylic acid groups (broad SMARTS) is 3. The van der Waals surface area contributed by atoms with Crippen molar-refractivity contribution in [3.8, 4) is 5.75 Å². The van der Waals surface area contributed by atoms with E-state index in [0.717, 1.165) is 0 Å². The van der Waals surface area contributed by atoms with E-state index in [2.05, 4.69) is 16.0 Å². The molecule has 0 aliphatic heterocycles. The fourth-order valence-corrected chi connectivity index (χ4v) is 3.24. The van der Waals surface area contributed by atoms with Crippen molar-refractivity contribution in [2.24, 2.45) is 5.73 Å².